The minimum atomic E-state index is -3.24. The van der Waals surface area contributed by atoms with Crippen molar-refractivity contribution in [3.8, 4) is 22.8 Å². The van der Waals surface area contributed by atoms with Crippen molar-refractivity contribution in [3.63, 3.8) is 0 Å². The summed E-state index contributed by atoms with van der Waals surface area (Å²) >= 11 is 0. The number of halogens is 3. The average Bonchev–Trinajstić information content (AvgIpc) is 3.19. The van der Waals surface area contributed by atoms with Crippen LogP contribution in [0, 0.1) is 5.82 Å². The van der Waals surface area contributed by atoms with Gasteiger partial charge in [0.25, 0.3) is 5.91 Å². The molecule has 1 amide bonds. The third-order valence-corrected chi connectivity index (χ3v) is 5.58. The lowest BCUT2D eigenvalue weighted by atomic mass is 10.0. The molecule has 1 aliphatic heterocycles. The van der Waals surface area contributed by atoms with E-state index in [2.05, 4.69) is 25.3 Å². The molecule has 2 aromatic heterocycles. The van der Waals surface area contributed by atoms with Crippen molar-refractivity contribution in [3.05, 3.63) is 53.7 Å². The van der Waals surface area contributed by atoms with Gasteiger partial charge in [-0.15, -0.1) is 0 Å². The summed E-state index contributed by atoms with van der Waals surface area (Å²) in [6.45, 7) is 1.12. The van der Waals surface area contributed by atoms with Crippen LogP contribution in [0.15, 0.2) is 36.7 Å². The predicted octanol–water partition coefficient (Wildman–Crippen LogP) is 4.65. The Morgan fingerprint density at radius 3 is 2.80 bits per heavy atom. The second-order valence-corrected chi connectivity index (χ2v) is 8.48. The first-order valence-electron chi connectivity index (χ1n) is 10.9. The van der Waals surface area contributed by atoms with E-state index in [9.17, 15) is 18.0 Å². The van der Waals surface area contributed by atoms with Crippen LogP contribution in [0.5, 0.6) is 11.5 Å². The first-order valence-corrected chi connectivity index (χ1v) is 10.9. The molecular formula is C24H25F3N4O4. The fourth-order valence-electron chi connectivity index (χ4n) is 3.67. The summed E-state index contributed by atoms with van der Waals surface area (Å²) in [4.78, 5) is 20.2. The van der Waals surface area contributed by atoms with Crippen LogP contribution in [0.1, 0.15) is 29.9 Å². The van der Waals surface area contributed by atoms with E-state index < -0.39 is 23.8 Å². The van der Waals surface area contributed by atoms with E-state index in [0.717, 1.165) is 6.07 Å². The van der Waals surface area contributed by atoms with Gasteiger partial charge in [-0.25, -0.2) is 4.39 Å². The molecular weight excluding hydrogens is 465 g/mol. The van der Waals surface area contributed by atoms with Crippen LogP contribution >= 0.6 is 0 Å². The molecule has 11 heteroatoms. The number of amides is 1. The van der Waals surface area contributed by atoms with Gasteiger partial charge in [-0.2, -0.15) is 8.78 Å². The lowest BCUT2D eigenvalue weighted by Crippen LogP contribution is -2.31. The number of hydrogen-bond acceptors (Lipinski definition) is 6. The number of alkyl halides is 2. The largest absolute Gasteiger partial charge is 0.488 e. The number of anilines is 2. The SMILES string of the molecule is COC(C)(C)COc1cnccc1-c1[nH]c2c(c1Nc1cccc(F)c1OC(F)F)C(=O)NCC2. The number of H-pyrrole nitrogens is 1. The van der Waals surface area contributed by atoms with E-state index in [1.807, 2.05) is 13.8 Å². The highest BCUT2D eigenvalue weighted by Gasteiger charge is 2.29. The molecule has 0 unspecified atom stereocenters. The number of hydrogen-bond donors (Lipinski definition) is 3. The number of carbonyl (C=O) groups excluding carboxylic acids is 1. The van der Waals surface area contributed by atoms with Crippen LogP contribution in [-0.2, 0) is 11.2 Å². The molecule has 186 valence electrons. The number of nitrogens with one attached hydrogen (secondary N) is 3. The Balaban J connectivity index is 1.83. The van der Waals surface area contributed by atoms with E-state index >= 15 is 0 Å². The number of para-hydroxylation sites is 1. The van der Waals surface area contributed by atoms with Gasteiger partial charge in [-0.1, -0.05) is 6.07 Å². The zero-order valence-electron chi connectivity index (χ0n) is 19.4. The number of ether oxygens (including phenoxy) is 3. The topological polar surface area (TPSA) is 97.5 Å². The zero-order valence-corrected chi connectivity index (χ0v) is 19.4. The van der Waals surface area contributed by atoms with Crippen LogP contribution in [0.25, 0.3) is 11.3 Å². The molecule has 0 aliphatic carbocycles. The Morgan fingerprint density at radius 1 is 1.26 bits per heavy atom. The molecule has 4 rings (SSSR count). The lowest BCUT2D eigenvalue weighted by Gasteiger charge is -2.23. The highest BCUT2D eigenvalue weighted by atomic mass is 19.3. The zero-order chi connectivity index (χ0) is 25.2. The molecule has 8 nitrogen and oxygen atoms in total. The Hall–Kier alpha value is -3.73. The van der Waals surface area contributed by atoms with Crippen molar-refractivity contribution >= 4 is 17.3 Å². The molecule has 1 aromatic carbocycles. The molecule has 0 radical (unpaired) electrons. The van der Waals surface area contributed by atoms with Crippen LogP contribution in [0.4, 0.5) is 24.5 Å². The van der Waals surface area contributed by atoms with Crippen molar-refractivity contribution in [2.24, 2.45) is 0 Å². The molecule has 0 saturated heterocycles. The van der Waals surface area contributed by atoms with E-state index in [1.54, 1.807) is 19.4 Å². The van der Waals surface area contributed by atoms with Crippen LogP contribution in [0.3, 0.4) is 0 Å². The summed E-state index contributed by atoms with van der Waals surface area (Å²) in [5, 5.41) is 5.71. The molecule has 0 bridgehead atoms. The van der Waals surface area contributed by atoms with Crippen molar-refractivity contribution in [1.82, 2.24) is 15.3 Å². The first kappa shape index (κ1) is 24.4. The van der Waals surface area contributed by atoms with Crippen molar-refractivity contribution in [1.29, 1.82) is 0 Å². The van der Waals surface area contributed by atoms with Gasteiger partial charge in [0.05, 0.1) is 34.4 Å². The third kappa shape index (κ3) is 5.19. The predicted molar refractivity (Wildman–Crippen MR) is 123 cm³/mol. The molecule has 0 saturated carbocycles. The average molecular weight is 490 g/mol. The Kier molecular flexibility index (Phi) is 6.88. The van der Waals surface area contributed by atoms with Crippen molar-refractivity contribution in [2.75, 3.05) is 25.6 Å². The third-order valence-electron chi connectivity index (χ3n) is 5.58. The van der Waals surface area contributed by atoms with Gasteiger partial charge in [0, 0.05) is 37.5 Å². The van der Waals surface area contributed by atoms with E-state index in [1.165, 1.54) is 18.3 Å². The van der Waals surface area contributed by atoms with Gasteiger partial charge in [0.15, 0.2) is 11.6 Å². The minimum Gasteiger partial charge on any atom is -0.488 e. The van der Waals surface area contributed by atoms with Crippen molar-refractivity contribution < 1.29 is 32.2 Å². The van der Waals surface area contributed by atoms with E-state index in [-0.39, 0.29) is 23.9 Å². The van der Waals surface area contributed by atoms with E-state index in [0.29, 0.717) is 41.2 Å². The summed E-state index contributed by atoms with van der Waals surface area (Å²) in [5.41, 5.74) is 1.56. The maximum absolute atomic E-state index is 14.4. The van der Waals surface area contributed by atoms with Gasteiger partial charge < -0.3 is 29.8 Å². The molecule has 0 fully saturated rings. The molecule has 35 heavy (non-hydrogen) atoms. The van der Waals surface area contributed by atoms with E-state index in [4.69, 9.17) is 9.47 Å². The monoisotopic (exact) mass is 490 g/mol. The van der Waals surface area contributed by atoms with Gasteiger partial charge in [0.2, 0.25) is 0 Å². The van der Waals surface area contributed by atoms with Gasteiger partial charge in [0.1, 0.15) is 12.4 Å². The number of aromatic amines is 1. The summed E-state index contributed by atoms with van der Waals surface area (Å²) < 4.78 is 56.2. The maximum atomic E-state index is 14.4. The van der Waals surface area contributed by atoms with Gasteiger partial charge >= 0.3 is 6.61 Å². The highest BCUT2D eigenvalue weighted by molar-refractivity contribution is 6.06. The molecule has 0 spiro atoms. The molecule has 3 N–H and O–H groups in total. The smallest absolute Gasteiger partial charge is 0.387 e. The number of nitrogens with zero attached hydrogens (tertiary/aromatic N) is 1. The second kappa shape index (κ2) is 9.87. The number of benzene rings is 1. The highest BCUT2D eigenvalue weighted by Crippen LogP contribution is 2.42. The molecule has 3 aromatic rings. The standard InChI is InChI=1S/C24H25F3N4O4/c1-24(2,33-3)12-34-17-11-28-9-7-13(17)19-20(18-15(30-19)8-10-29-22(18)32)31-16-6-4-5-14(25)21(16)35-23(26)27/h4-7,9,11,23,30-31H,8,10,12H2,1-3H3,(H,29,32). The fourth-order valence-corrected chi connectivity index (χ4v) is 3.67. The van der Waals surface area contributed by atoms with Crippen LogP contribution in [-0.4, -0.2) is 48.3 Å². The van der Waals surface area contributed by atoms with Gasteiger partial charge in [-0.3, -0.25) is 9.78 Å². The number of methoxy groups -OCH3 is 1. The number of fused-ring (bicyclic) bond motifs is 1. The number of rotatable bonds is 9. The quantitative estimate of drug-likeness (QED) is 0.404. The molecule has 1 aliphatic rings. The summed E-state index contributed by atoms with van der Waals surface area (Å²) in [6.07, 6.45) is 3.59. The maximum Gasteiger partial charge on any atom is 0.387 e. The van der Waals surface area contributed by atoms with Crippen LogP contribution in [0.2, 0.25) is 0 Å². The summed E-state index contributed by atoms with van der Waals surface area (Å²) in [5.74, 6) is -1.59. The lowest BCUT2D eigenvalue weighted by molar-refractivity contribution is -0.0516. The Bertz CT molecular complexity index is 1230. The first-order chi connectivity index (χ1) is 16.7. The number of carbonyl (C=O) groups is 1. The summed E-state index contributed by atoms with van der Waals surface area (Å²) in [6, 6.07) is 5.44. The molecule has 0 atom stereocenters. The normalized spacial score (nSPS) is 13.4. The van der Waals surface area contributed by atoms with Crippen LogP contribution < -0.4 is 20.1 Å². The number of pyridine rings is 1. The summed E-state index contributed by atoms with van der Waals surface area (Å²) in [7, 11) is 1.57. The van der Waals surface area contributed by atoms with Crippen molar-refractivity contribution in [2.45, 2.75) is 32.5 Å². The number of aromatic nitrogens is 2. The van der Waals surface area contributed by atoms with Gasteiger partial charge in [-0.05, 0) is 32.0 Å². The Labute approximate surface area is 199 Å². The molecule has 3 heterocycles. The fraction of sp³-hybridized carbons (Fsp3) is 0.333. The second-order valence-electron chi connectivity index (χ2n) is 8.48. The Morgan fingerprint density at radius 2 is 2.06 bits per heavy atom. The minimum absolute atomic E-state index is 0.0660.